The van der Waals surface area contributed by atoms with Crippen molar-refractivity contribution in [3.63, 3.8) is 0 Å². The number of morpholine rings is 1. The Kier molecular flexibility index (Phi) is 4.62. The summed E-state index contributed by atoms with van der Waals surface area (Å²) in [4.78, 5) is 1.73. The highest BCUT2D eigenvalue weighted by Gasteiger charge is 2.20. The number of hydrogen-bond donors (Lipinski definition) is 1. The van der Waals surface area contributed by atoms with Crippen LogP contribution in [0.2, 0.25) is 0 Å². The van der Waals surface area contributed by atoms with E-state index in [0.717, 1.165) is 24.5 Å². The van der Waals surface area contributed by atoms with Crippen LogP contribution in [0.25, 0.3) is 0 Å². The smallest absolute Gasteiger partial charge is 0.290 e. The molecular weight excluding hydrogens is 288 g/mol. The van der Waals surface area contributed by atoms with E-state index in [1.807, 2.05) is 18.2 Å². The van der Waals surface area contributed by atoms with Crippen molar-refractivity contribution in [2.24, 2.45) is 0 Å². The third kappa shape index (κ3) is 3.48. The molecule has 2 heterocycles. The molecule has 1 aliphatic rings. The summed E-state index contributed by atoms with van der Waals surface area (Å²) >= 11 is 1.76. The average molecular weight is 306 g/mol. The van der Waals surface area contributed by atoms with E-state index < -0.39 is 0 Å². The zero-order valence-corrected chi connectivity index (χ0v) is 12.5. The number of ether oxygens (including phenoxy) is 1. The molecule has 1 aromatic heterocycles. The van der Waals surface area contributed by atoms with Gasteiger partial charge in [0.15, 0.2) is 0 Å². The lowest BCUT2D eigenvalue weighted by Crippen LogP contribution is -2.66. The molecule has 1 fully saturated rings. The van der Waals surface area contributed by atoms with Crippen LogP contribution in [-0.2, 0) is 16.2 Å². The molecule has 0 radical (unpaired) electrons. The van der Waals surface area contributed by atoms with Crippen molar-refractivity contribution < 1.29 is 14.1 Å². The minimum atomic E-state index is 0.141. The third-order valence-corrected chi connectivity index (χ3v) is 4.33. The van der Waals surface area contributed by atoms with Gasteiger partial charge in [-0.05, 0) is 10.8 Å². The number of nitrogens with zero attached hydrogens (tertiary/aromatic N) is 3. The third-order valence-electron chi connectivity index (χ3n) is 3.32. The van der Waals surface area contributed by atoms with Crippen LogP contribution in [0.5, 0.6) is 0 Å². The lowest BCUT2D eigenvalue weighted by Gasteiger charge is -2.27. The minimum absolute atomic E-state index is 0.141. The van der Waals surface area contributed by atoms with Crippen molar-refractivity contribution >= 4 is 11.8 Å². The zero-order valence-electron chi connectivity index (χ0n) is 11.7. The highest BCUT2D eigenvalue weighted by molar-refractivity contribution is 7.97. The number of aromatic nitrogens is 2. The van der Waals surface area contributed by atoms with Crippen molar-refractivity contribution in [3.8, 4) is 0 Å². The largest absolute Gasteiger partial charge is 0.381 e. The lowest BCUT2D eigenvalue weighted by molar-refractivity contribution is -0.770. The van der Waals surface area contributed by atoms with E-state index in [0.29, 0.717) is 19.0 Å². The summed E-state index contributed by atoms with van der Waals surface area (Å²) in [5, 5.41) is 13.9. The van der Waals surface area contributed by atoms with E-state index in [9.17, 15) is 0 Å². The number of benzene rings is 1. The van der Waals surface area contributed by atoms with Crippen LogP contribution in [0.15, 0.2) is 34.9 Å². The summed E-state index contributed by atoms with van der Waals surface area (Å²) in [6.07, 6.45) is 0. The van der Waals surface area contributed by atoms with Gasteiger partial charge in [0.25, 0.3) is 11.2 Å². The lowest BCUT2D eigenvalue weighted by atomic mass is 10.2. The molecule has 0 spiro atoms. The highest BCUT2D eigenvalue weighted by atomic mass is 32.2. The Bertz CT molecular complexity index is 619. The molecule has 0 bridgehead atoms. The van der Waals surface area contributed by atoms with Gasteiger partial charge in [0.05, 0.1) is 19.0 Å². The highest BCUT2D eigenvalue weighted by Crippen LogP contribution is 2.14. The van der Waals surface area contributed by atoms with Crippen LogP contribution in [0, 0.1) is 5.41 Å². The average Bonchev–Trinajstić information content (AvgIpc) is 2.91. The van der Waals surface area contributed by atoms with Crippen LogP contribution < -0.4 is 20.6 Å². The first-order chi connectivity index (χ1) is 10.3. The molecule has 7 heteroatoms. The standard InChI is InChI=1S/C14H18N4O2S/c15-14-13(11-21-10-12-4-2-1-3-5-12)18(16-20-14)17-6-8-19-9-7-17/h1-5,15H,6-11H2. The van der Waals surface area contributed by atoms with Gasteiger partial charge in [-0.15, -0.1) is 11.8 Å². The first-order valence-electron chi connectivity index (χ1n) is 6.92. The van der Waals surface area contributed by atoms with Crippen molar-refractivity contribution in [1.82, 2.24) is 5.27 Å². The van der Waals surface area contributed by atoms with Crippen LogP contribution in [-0.4, -0.2) is 26.3 Å². The van der Waals surface area contributed by atoms with Crippen molar-refractivity contribution in [3.05, 3.63) is 47.1 Å². The Hall–Kier alpha value is -1.73. The van der Waals surface area contributed by atoms with E-state index in [2.05, 4.69) is 22.4 Å². The van der Waals surface area contributed by atoms with Crippen LogP contribution in [0.4, 0.5) is 0 Å². The van der Waals surface area contributed by atoms with Gasteiger partial charge >= 0.3 is 0 Å². The monoisotopic (exact) mass is 306 g/mol. The van der Waals surface area contributed by atoms with E-state index in [1.165, 1.54) is 5.56 Å². The summed E-state index contributed by atoms with van der Waals surface area (Å²) in [5.41, 5.74) is 2.23. The molecule has 112 valence electrons. The fourth-order valence-corrected chi connectivity index (χ4v) is 3.17. The fraction of sp³-hybridized carbons (Fsp3) is 0.429. The van der Waals surface area contributed by atoms with Gasteiger partial charge in [0.1, 0.15) is 0 Å². The second-order valence-corrected chi connectivity index (χ2v) is 5.77. The van der Waals surface area contributed by atoms with E-state index in [1.54, 1.807) is 16.6 Å². The van der Waals surface area contributed by atoms with E-state index in [-0.39, 0.29) is 5.55 Å². The Morgan fingerprint density at radius 1 is 1.19 bits per heavy atom. The SMILES string of the molecule is N=c1o[n-][n+](N2CCOCC2)c1CSCc1ccccc1. The van der Waals surface area contributed by atoms with Crippen molar-refractivity contribution in [1.29, 1.82) is 5.41 Å². The summed E-state index contributed by atoms with van der Waals surface area (Å²) in [7, 11) is 0. The number of rotatable bonds is 5. The first-order valence-corrected chi connectivity index (χ1v) is 8.07. The van der Waals surface area contributed by atoms with Crippen LogP contribution in [0.1, 0.15) is 11.3 Å². The van der Waals surface area contributed by atoms with Gasteiger partial charge in [0, 0.05) is 18.8 Å². The van der Waals surface area contributed by atoms with Crippen molar-refractivity contribution in [2.45, 2.75) is 11.5 Å². The maximum absolute atomic E-state index is 7.87. The topological polar surface area (TPSA) is 67.4 Å². The molecule has 3 rings (SSSR count). The molecule has 21 heavy (non-hydrogen) atoms. The van der Waals surface area contributed by atoms with E-state index >= 15 is 0 Å². The molecule has 0 unspecified atom stereocenters. The molecule has 0 saturated carbocycles. The summed E-state index contributed by atoms with van der Waals surface area (Å²) < 4.78 is 10.4. The predicted molar refractivity (Wildman–Crippen MR) is 78.3 cm³/mol. The molecule has 1 aliphatic heterocycles. The normalized spacial score (nSPS) is 15.3. The molecule has 1 N–H and O–H groups in total. The van der Waals surface area contributed by atoms with Crippen LogP contribution in [0.3, 0.4) is 0 Å². The Morgan fingerprint density at radius 3 is 2.71 bits per heavy atom. The maximum atomic E-state index is 7.87. The van der Waals surface area contributed by atoms with Crippen molar-refractivity contribution in [2.75, 3.05) is 31.3 Å². The van der Waals surface area contributed by atoms with Crippen LogP contribution >= 0.6 is 11.8 Å². The fourth-order valence-electron chi connectivity index (χ4n) is 2.20. The molecule has 1 aromatic carbocycles. The quantitative estimate of drug-likeness (QED) is 0.810. The molecule has 0 atom stereocenters. The maximum Gasteiger partial charge on any atom is 0.290 e. The van der Waals surface area contributed by atoms with Gasteiger partial charge in [-0.3, -0.25) is 10.4 Å². The van der Waals surface area contributed by atoms with Gasteiger partial charge in [-0.25, -0.2) is 0 Å². The summed E-state index contributed by atoms with van der Waals surface area (Å²) in [5.74, 6) is 1.61. The number of thioether (sulfide) groups is 1. The second-order valence-electron chi connectivity index (χ2n) is 4.78. The first kappa shape index (κ1) is 14.2. The number of nitrogens with one attached hydrogen (secondary N) is 1. The van der Waals surface area contributed by atoms with Gasteiger partial charge in [-0.1, -0.05) is 35.1 Å². The zero-order chi connectivity index (χ0) is 14.5. The molecule has 1 saturated heterocycles. The number of hydrogen-bond acceptors (Lipinski definition) is 5. The predicted octanol–water partition coefficient (Wildman–Crippen LogP) is 0.405. The van der Waals surface area contributed by atoms with Gasteiger partial charge < -0.3 is 9.26 Å². The molecular formula is C14H18N4O2S. The Balaban J connectivity index is 1.64. The molecule has 6 nitrogen and oxygen atoms in total. The summed E-state index contributed by atoms with van der Waals surface area (Å²) in [6.45, 7) is 2.91. The molecule has 0 aliphatic carbocycles. The summed E-state index contributed by atoms with van der Waals surface area (Å²) in [6, 6.07) is 10.3. The minimum Gasteiger partial charge on any atom is -0.381 e. The Morgan fingerprint density at radius 2 is 1.95 bits per heavy atom. The van der Waals surface area contributed by atoms with Gasteiger partial charge in [0.2, 0.25) is 0 Å². The second kappa shape index (κ2) is 6.82. The molecule has 0 amide bonds. The van der Waals surface area contributed by atoms with Gasteiger partial charge in [-0.2, -0.15) is 0 Å². The Labute approximate surface area is 127 Å². The van der Waals surface area contributed by atoms with E-state index in [4.69, 9.17) is 14.7 Å². The molecule has 2 aromatic rings.